The molecular weight excluding hydrogens is 504 g/mol. The molecule has 2 fully saturated rings. The maximum Gasteiger partial charge on any atom is 0.338 e. The summed E-state index contributed by atoms with van der Waals surface area (Å²) in [4.78, 5) is 12.6. The Morgan fingerprint density at radius 2 is 1.63 bits per heavy atom. The SMILES string of the molecule is COc1ccc(CC2COC(=O)C2(O)Cc2ccc(OC3OC(CO)C(O)C(O)C3O)c(O)c2)cc1OC. The molecule has 0 spiro atoms. The van der Waals surface area contributed by atoms with Crippen molar-refractivity contribution in [3.8, 4) is 23.0 Å². The summed E-state index contributed by atoms with van der Waals surface area (Å²) in [6, 6.07) is 9.45. The van der Waals surface area contributed by atoms with Crippen LogP contribution in [0.5, 0.6) is 23.0 Å². The summed E-state index contributed by atoms with van der Waals surface area (Å²) in [6.07, 6.45) is -7.35. The number of ether oxygens (including phenoxy) is 5. The van der Waals surface area contributed by atoms with Crippen LogP contribution in [0.15, 0.2) is 36.4 Å². The quantitative estimate of drug-likeness (QED) is 0.221. The minimum absolute atomic E-state index is 0.00790. The Morgan fingerprint density at radius 1 is 0.947 bits per heavy atom. The molecular formula is C26H32O12. The summed E-state index contributed by atoms with van der Waals surface area (Å²) in [6.45, 7) is -0.622. The van der Waals surface area contributed by atoms with Crippen molar-refractivity contribution in [2.24, 2.45) is 5.92 Å². The monoisotopic (exact) mass is 536 g/mol. The van der Waals surface area contributed by atoms with Gasteiger partial charge in [-0.15, -0.1) is 0 Å². The third-order valence-electron chi connectivity index (χ3n) is 6.96. The van der Waals surface area contributed by atoms with Gasteiger partial charge in [-0.05, 0) is 41.8 Å². The molecule has 0 amide bonds. The van der Waals surface area contributed by atoms with Gasteiger partial charge < -0.3 is 54.3 Å². The molecule has 0 radical (unpaired) electrons. The summed E-state index contributed by atoms with van der Waals surface area (Å²) in [5, 5.41) is 61.2. The number of methoxy groups -OCH3 is 2. The van der Waals surface area contributed by atoms with Crippen LogP contribution in [0.2, 0.25) is 0 Å². The molecule has 0 bridgehead atoms. The number of esters is 1. The molecule has 2 saturated heterocycles. The Kier molecular flexibility index (Phi) is 8.31. The van der Waals surface area contributed by atoms with Crippen molar-refractivity contribution in [1.82, 2.24) is 0 Å². The maximum absolute atomic E-state index is 12.6. The van der Waals surface area contributed by atoms with Crippen molar-refractivity contribution < 1.29 is 59.1 Å². The first-order valence-corrected chi connectivity index (χ1v) is 12.0. The van der Waals surface area contributed by atoms with Gasteiger partial charge >= 0.3 is 5.97 Å². The van der Waals surface area contributed by atoms with Crippen LogP contribution in [0, 0.1) is 5.92 Å². The van der Waals surface area contributed by atoms with Crippen LogP contribution >= 0.6 is 0 Å². The van der Waals surface area contributed by atoms with E-state index in [1.54, 1.807) is 12.1 Å². The van der Waals surface area contributed by atoms with Gasteiger partial charge in [0.15, 0.2) is 28.6 Å². The lowest BCUT2D eigenvalue weighted by Crippen LogP contribution is -2.60. The van der Waals surface area contributed by atoms with Crippen molar-refractivity contribution >= 4 is 5.97 Å². The highest BCUT2D eigenvalue weighted by Gasteiger charge is 2.51. The van der Waals surface area contributed by atoms with Crippen LogP contribution < -0.4 is 14.2 Å². The zero-order valence-electron chi connectivity index (χ0n) is 20.9. The highest BCUT2D eigenvalue weighted by Crippen LogP contribution is 2.37. The van der Waals surface area contributed by atoms with Gasteiger partial charge in [0.05, 0.1) is 27.4 Å². The Labute approximate surface area is 218 Å². The van der Waals surface area contributed by atoms with Gasteiger partial charge in [0, 0.05) is 12.3 Å². The third-order valence-corrected chi connectivity index (χ3v) is 6.96. The molecule has 38 heavy (non-hydrogen) atoms. The molecule has 2 aromatic rings. The van der Waals surface area contributed by atoms with E-state index in [1.807, 2.05) is 6.07 Å². The maximum atomic E-state index is 12.6. The molecule has 0 aliphatic carbocycles. The Morgan fingerprint density at radius 3 is 2.29 bits per heavy atom. The summed E-state index contributed by atoms with van der Waals surface area (Å²) in [5.74, 6) is -0.804. The number of rotatable bonds is 9. The van der Waals surface area contributed by atoms with Crippen LogP contribution in [0.4, 0.5) is 0 Å². The van der Waals surface area contributed by atoms with Crippen LogP contribution in [0.25, 0.3) is 0 Å². The van der Waals surface area contributed by atoms with Gasteiger partial charge in [-0.1, -0.05) is 12.1 Å². The second-order valence-electron chi connectivity index (χ2n) is 9.41. The van der Waals surface area contributed by atoms with Crippen LogP contribution in [-0.4, -0.2) is 100 Å². The molecule has 2 aromatic carbocycles. The Bertz CT molecular complexity index is 1140. The van der Waals surface area contributed by atoms with E-state index in [0.29, 0.717) is 23.5 Å². The molecule has 7 unspecified atom stereocenters. The van der Waals surface area contributed by atoms with E-state index < -0.39 is 54.8 Å². The van der Waals surface area contributed by atoms with Crippen molar-refractivity contribution in [2.45, 2.75) is 49.1 Å². The van der Waals surface area contributed by atoms with Gasteiger partial charge in [0.2, 0.25) is 6.29 Å². The van der Waals surface area contributed by atoms with E-state index in [9.17, 15) is 35.4 Å². The number of phenols is 1. The lowest BCUT2D eigenvalue weighted by Gasteiger charge is -2.39. The number of carbonyl (C=O) groups is 1. The minimum atomic E-state index is -1.86. The largest absolute Gasteiger partial charge is 0.504 e. The molecule has 2 heterocycles. The van der Waals surface area contributed by atoms with E-state index in [1.165, 1.54) is 32.4 Å². The van der Waals surface area contributed by atoms with E-state index in [-0.39, 0.29) is 24.5 Å². The highest BCUT2D eigenvalue weighted by atomic mass is 16.7. The summed E-state index contributed by atoms with van der Waals surface area (Å²) in [5.41, 5.74) is -0.656. The van der Waals surface area contributed by atoms with Gasteiger partial charge in [0.1, 0.15) is 24.4 Å². The first-order valence-electron chi connectivity index (χ1n) is 12.0. The third kappa shape index (κ3) is 5.37. The standard InChI is InChI=1S/C26H32O12/c1-34-18-6-3-13(9-19(18)35-2)7-15-12-36-25(32)26(15,33)10-14-4-5-17(16(28)8-14)37-24-23(31)22(30)21(29)20(11-27)38-24/h3-6,8-9,15,20-24,27-31,33H,7,10-12H2,1-2H3. The van der Waals surface area contributed by atoms with Crippen molar-refractivity contribution in [1.29, 1.82) is 0 Å². The van der Waals surface area contributed by atoms with E-state index >= 15 is 0 Å². The Hall–Kier alpha value is -3.13. The van der Waals surface area contributed by atoms with Gasteiger partial charge in [-0.3, -0.25) is 0 Å². The number of hydrogen-bond donors (Lipinski definition) is 6. The lowest BCUT2D eigenvalue weighted by atomic mass is 9.81. The summed E-state index contributed by atoms with van der Waals surface area (Å²) < 4.78 is 26.6. The second-order valence-corrected chi connectivity index (χ2v) is 9.41. The molecule has 0 aromatic heterocycles. The number of aliphatic hydroxyl groups excluding tert-OH is 4. The zero-order valence-corrected chi connectivity index (χ0v) is 20.9. The first kappa shape index (κ1) is 27.9. The van der Waals surface area contributed by atoms with Crippen molar-refractivity contribution in [3.63, 3.8) is 0 Å². The molecule has 12 nitrogen and oxygen atoms in total. The number of hydrogen-bond acceptors (Lipinski definition) is 12. The number of phenolic OH excluding ortho intramolecular Hbond substituents is 1. The molecule has 2 aliphatic rings. The van der Waals surface area contributed by atoms with E-state index in [4.69, 9.17) is 23.7 Å². The van der Waals surface area contributed by atoms with Crippen molar-refractivity contribution in [3.05, 3.63) is 47.5 Å². The zero-order chi connectivity index (χ0) is 27.6. The Balaban J connectivity index is 1.48. The highest BCUT2D eigenvalue weighted by molar-refractivity contribution is 5.82. The van der Waals surface area contributed by atoms with E-state index in [0.717, 1.165) is 5.56 Å². The van der Waals surface area contributed by atoms with Gasteiger partial charge in [-0.2, -0.15) is 0 Å². The number of aliphatic hydroxyl groups is 5. The molecule has 208 valence electrons. The van der Waals surface area contributed by atoms with Crippen LogP contribution in [0.3, 0.4) is 0 Å². The molecule has 6 N–H and O–H groups in total. The number of carbonyl (C=O) groups excluding carboxylic acids is 1. The van der Waals surface area contributed by atoms with Crippen molar-refractivity contribution in [2.75, 3.05) is 27.4 Å². The molecule has 12 heteroatoms. The molecule has 4 rings (SSSR count). The topological polar surface area (TPSA) is 185 Å². The number of aromatic hydroxyl groups is 1. The normalized spacial score (nSPS) is 31.1. The number of benzene rings is 2. The van der Waals surface area contributed by atoms with Gasteiger partial charge in [0.25, 0.3) is 0 Å². The molecule has 2 aliphatic heterocycles. The average Bonchev–Trinajstić information content (AvgIpc) is 3.18. The lowest BCUT2D eigenvalue weighted by molar-refractivity contribution is -0.277. The minimum Gasteiger partial charge on any atom is -0.504 e. The summed E-state index contributed by atoms with van der Waals surface area (Å²) in [7, 11) is 3.03. The fourth-order valence-electron chi connectivity index (χ4n) is 4.72. The van der Waals surface area contributed by atoms with E-state index in [2.05, 4.69) is 0 Å². The smallest absolute Gasteiger partial charge is 0.338 e. The van der Waals surface area contributed by atoms with Crippen LogP contribution in [-0.2, 0) is 27.1 Å². The average molecular weight is 537 g/mol. The fraction of sp³-hybridized carbons (Fsp3) is 0.500. The first-order chi connectivity index (χ1) is 18.1. The van der Waals surface area contributed by atoms with Crippen LogP contribution in [0.1, 0.15) is 11.1 Å². The van der Waals surface area contributed by atoms with Gasteiger partial charge in [-0.25, -0.2) is 4.79 Å². The molecule has 7 atom stereocenters. The molecule has 0 saturated carbocycles. The predicted molar refractivity (Wildman–Crippen MR) is 129 cm³/mol. The predicted octanol–water partition coefficient (Wildman–Crippen LogP) is -0.723. The fourth-order valence-corrected chi connectivity index (χ4v) is 4.72. The summed E-state index contributed by atoms with van der Waals surface area (Å²) >= 11 is 0. The number of cyclic esters (lactones) is 1. The second kappa shape index (κ2) is 11.3.